The zero-order valence-corrected chi connectivity index (χ0v) is 16.0. The molecule has 0 fully saturated rings. The number of unbranched alkanes of at least 4 members (excludes halogenated alkanes) is 1. The van der Waals surface area contributed by atoms with E-state index in [9.17, 15) is 9.59 Å². The minimum Gasteiger partial charge on any atom is -0.371 e. The maximum absolute atomic E-state index is 11.9. The van der Waals surface area contributed by atoms with E-state index in [0.29, 0.717) is 25.5 Å². The zero-order valence-electron chi connectivity index (χ0n) is 16.0. The van der Waals surface area contributed by atoms with Crippen molar-refractivity contribution in [2.75, 3.05) is 13.2 Å². The summed E-state index contributed by atoms with van der Waals surface area (Å²) in [6, 6.07) is 0. The highest BCUT2D eigenvalue weighted by molar-refractivity contribution is 5.75. The molecule has 0 radical (unpaired) electrons. The van der Waals surface area contributed by atoms with Gasteiger partial charge in [-0.3, -0.25) is 9.59 Å². The number of ether oxygens (including phenoxy) is 1. The van der Waals surface area contributed by atoms with Gasteiger partial charge in [-0.1, -0.05) is 26.7 Å². The average Bonchev–Trinajstić information content (AvgIpc) is 2.38. The third-order valence-electron chi connectivity index (χ3n) is 3.48. The van der Waals surface area contributed by atoms with Gasteiger partial charge in [-0.05, 0) is 40.0 Å². The van der Waals surface area contributed by atoms with Gasteiger partial charge in [0.2, 0.25) is 11.8 Å². The van der Waals surface area contributed by atoms with Gasteiger partial charge in [0.25, 0.3) is 0 Å². The standard InChI is InChI=1S/C18H36N2O3/c1-14(2)10-8-9-11-16(22)19-12-18(6,7)23-13-17(4,5)20-15(3)21/h14H,8-13H2,1-7H3,(H,19,22)(H,20,21). The van der Waals surface area contributed by atoms with Crippen molar-refractivity contribution >= 4 is 11.8 Å². The van der Waals surface area contributed by atoms with Gasteiger partial charge in [0.1, 0.15) is 0 Å². The molecule has 0 unspecified atom stereocenters. The fraction of sp³-hybridized carbons (Fsp3) is 0.889. The lowest BCUT2D eigenvalue weighted by atomic mass is 10.0. The molecule has 0 heterocycles. The molecule has 5 nitrogen and oxygen atoms in total. The Labute approximate surface area is 141 Å². The molecule has 0 saturated carbocycles. The Morgan fingerprint density at radius 2 is 1.70 bits per heavy atom. The Morgan fingerprint density at radius 3 is 2.22 bits per heavy atom. The van der Waals surface area contributed by atoms with Crippen molar-refractivity contribution in [1.29, 1.82) is 0 Å². The van der Waals surface area contributed by atoms with Crippen molar-refractivity contribution in [3.05, 3.63) is 0 Å². The molecule has 5 heteroatoms. The maximum Gasteiger partial charge on any atom is 0.220 e. The number of carbonyl (C=O) groups is 2. The molecule has 0 rings (SSSR count). The highest BCUT2D eigenvalue weighted by Gasteiger charge is 2.25. The summed E-state index contributed by atoms with van der Waals surface area (Å²) in [4.78, 5) is 23.0. The largest absolute Gasteiger partial charge is 0.371 e. The van der Waals surface area contributed by atoms with E-state index in [1.807, 2.05) is 27.7 Å². The maximum atomic E-state index is 11.9. The Balaban J connectivity index is 4.02. The minimum atomic E-state index is -0.469. The van der Waals surface area contributed by atoms with Crippen LogP contribution in [0.2, 0.25) is 0 Å². The van der Waals surface area contributed by atoms with Crippen LogP contribution in [0.15, 0.2) is 0 Å². The Bertz CT molecular complexity index is 376. The SMILES string of the molecule is CC(=O)NC(C)(C)COC(C)(C)CNC(=O)CCCCC(C)C. The van der Waals surface area contributed by atoms with Gasteiger partial charge in [0, 0.05) is 19.9 Å². The van der Waals surface area contributed by atoms with Crippen molar-refractivity contribution in [2.24, 2.45) is 5.92 Å². The van der Waals surface area contributed by atoms with Gasteiger partial charge >= 0.3 is 0 Å². The van der Waals surface area contributed by atoms with Gasteiger partial charge in [-0.25, -0.2) is 0 Å². The number of hydrogen-bond donors (Lipinski definition) is 2. The molecule has 23 heavy (non-hydrogen) atoms. The quantitative estimate of drug-likeness (QED) is 0.573. The number of hydrogen-bond acceptors (Lipinski definition) is 3. The van der Waals surface area contributed by atoms with Gasteiger partial charge < -0.3 is 15.4 Å². The summed E-state index contributed by atoms with van der Waals surface area (Å²) >= 11 is 0. The van der Waals surface area contributed by atoms with Crippen molar-refractivity contribution in [1.82, 2.24) is 10.6 Å². The van der Waals surface area contributed by atoms with E-state index in [1.165, 1.54) is 13.3 Å². The molecule has 0 aliphatic heterocycles. The molecule has 0 aromatic carbocycles. The van der Waals surface area contributed by atoms with Crippen LogP contribution in [-0.2, 0) is 14.3 Å². The first-order valence-electron chi connectivity index (χ1n) is 8.63. The van der Waals surface area contributed by atoms with Crippen LogP contribution in [0.5, 0.6) is 0 Å². The van der Waals surface area contributed by atoms with Crippen LogP contribution >= 0.6 is 0 Å². The fourth-order valence-electron chi connectivity index (χ4n) is 2.18. The van der Waals surface area contributed by atoms with E-state index in [2.05, 4.69) is 24.5 Å². The smallest absolute Gasteiger partial charge is 0.220 e. The normalized spacial score (nSPS) is 12.3. The highest BCUT2D eigenvalue weighted by atomic mass is 16.5. The number of rotatable bonds is 11. The molecule has 0 saturated heterocycles. The van der Waals surface area contributed by atoms with E-state index in [0.717, 1.165) is 12.8 Å². The molecule has 0 aromatic heterocycles. The lowest BCUT2D eigenvalue weighted by Crippen LogP contribution is -2.49. The van der Waals surface area contributed by atoms with Crippen molar-refractivity contribution in [2.45, 2.75) is 85.3 Å². The minimum absolute atomic E-state index is 0.0755. The second-order valence-corrected chi connectivity index (χ2v) is 8.03. The molecule has 0 atom stereocenters. The summed E-state index contributed by atoms with van der Waals surface area (Å²) < 4.78 is 5.87. The van der Waals surface area contributed by atoms with E-state index < -0.39 is 11.1 Å². The van der Waals surface area contributed by atoms with Gasteiger partial charge in [0.05, 0.1) is 17.7 Å². The Hall–Kier alpha value is -1.10. The van der Waals surface area contributed by atoms with Gasteiger partial charge in [-0.2, -0.15) is 0 Å². The zero-order chi connectivity index (χ0) is 18.1. The third-order valence-corrected chi connectivity index (χ3v) is 3.48. The Morgan fingerprint density at radius 1 is 1.09 bits per heavy atom. The molecule has 0 aliphatic rings. The average molecular weight is 328 g/mol. The fourth-order valence-corrected chi connectivity index (χ4v) is 2.18. The number of amides is 2. The summed E-state index contributed by atoms with van der Waals surface area (Å²) in [6.07, 6.45) is 3.76. The summed E-state index contributed by atoms with van der Waals surface area (Å²) in [7, 11) is 0. The lowest BCUT2D eigenvalue weighted by Gasteiger charge is -2.32. The molecule has 0 spiro atoms. The van der Waals surface area contributed by atoms with E-state index in [-0.39, 0.29) is 11.8 Å². The summed E-state index contributed by atoms with van der Waals surface area (Å²) in [6.45, 7) is 14.5. The monoisotopic (exact) mass is 328 g/mol. The topological polar surface area (TPSA) is 67.4 Å². The van der Waals surface area contributed by atoms with Gasteiger partial charge in [-0.15, -0.1) is 0 Å². The summed E-state index contributed by atoms with van der Waals surface area (Å²) in [5, 5.41) is 5.79. The second kappa shape index (κ2) is 9.91. The van der Waals surface area contributed by atoms with E-state index >= 15 is 0 Å². The molecule has 136 valence electrons. The van der Waals surface area contributed by atoms with Crippen LogP contribution in [0.3, 0.4) is 0 Å². The van der Waals surface area contributed by atoms with Crippen LogP contribution in [0.1, 0.15) is 74.1 Å². The Kier molecular flexibility index (Phi) is 9.44. The first-order chi connectivity index (χ1) is 10.4. The first-order valence-corrected chi connectivity index (χ1v) is 8.63. The van der Waals surface area contributed by atoms with Crippen LogP contribution in [0.4, 0.5) is 0 Å². The van der Waals surface area contributed by atoms with Gasteiger partial charge in [0.15, 0.2) is 0 Å². The van der Waals surface area contributed by atoms with Crippen LogP contribution in [0.25, 0.3) is 0 Å². The predicted molar refractivity (Wildman–Crippen MR) is 94.2 cm³/mol. The number of nitrogens with one attached hydrogen (secondary N) is 2. The second-order valence-electron chi connectivity index (χ2n) is 8.03. The molecule has 2 amide bonds. The van der Waals surface area contributed by atoms with Crippen LogP contribution < -0.4 is 10.6 Å². The van der Waals surface area contributed by atoms with Crippen molar-refractivity contribution in [3.8, 4) is 0 Å². The summed E-state index contributed by atoms with van der Waals surface area (Å²) in [5.41, 5.74) is -0.896. The molecular weight excluding hydrogens is 292 g/mol. The molecule has 2 N–H and O–H groups in total. The van der Waals surface area contributed by atoms with E-state index in [4.69, 9.17) is 4.74 Å². The van der Waals surface area contributed by atoms with Crippen molar-refractivity contribution in [3.63, 3.8) is 0 Å². The highest BCUT2D eigenvalue weighted by Crippen LogP contribution is 2.13. The van der Waals surface area contributed by atoms with Crippen LogP contribution in [0, 0.1) is 5.92 Å². The van der Waals surface area contributed by atoms with Crippen LogP contribution in [-0.4, -0.2) is 36.1 Å². The van der Waals surface area contributed by atoms with Crippen molar-refractivity contribution < 1.29 is 14.3 Å². The molecular formula is C18H36N2O3. The third kappa shape index (κ3) is 13.1. The molecule has 0 bridgehead atoms. The molecule has 0 aromatic rings. The molecule has 0 aliphatic carbocycles. The lowest BCUT2D eigenvalue weighted by molar-refractivity contribution is -0.124. The van der Waals surface area contributed by atoms with E-state index in [1.54, 1.807) is 0 Å². The summed E-state index contributed by atoms with van der Waals surface area (Å²) in [5.74, 6) is 0.690. The number of carbonyl (C=O) groups excluding carboxylic acids is 2. The predicted octanol–water partition coefficient (Wildman–Crippen LogP) is 3.03. The first kappa shape index (κ1) is 21.9.